The summed E-state index contributed by atoms with van der Waals surface area (Å²) >= 11 is 0. The van der Waals surface area contributed by atoms with Gasteiger partial charge in [0.15, 0.2) is 9.84 Å². The maximum atomic E-state index is 11.8. The average Bonchev–Trinajstić information content (AvgIpc) is 2.36. The Morgan fingerprint density at radius 2 is 1.90 bits per heavy atom. The lowest BCUT2D eigenvalue weighted by Crippen LogP contribution is -2.05. The van der Waals surface area contributed by atoms with Gasteiger partial charge in [-0.25, -0.2) is 8.42 Å². The monoisotopic (exact) mass is 302 g/mol. The van der Waals surface area contributed by atoms with E-state index in [0.717, 1.165) is 6.26 Å². The lowest BCUT2D eigenvalue weighted by molar-refractivity contribution is -0.137. The van der Waals surface area contributed by atoms with Crippen molar-refractivity contribution in [2.45, 2.75) is 24.2 Å². The van der Waals surface area contributed by atoms with Gasteiger partial charge in [-0.1, -0.05) is 0 Å². The van der Waals surface area contributed by atoms with E-state index < -0.39 is 15.8 Å². The van der Waals surface area contributed by atoms with Crippen LogP contribution in [0.25, 0.3) is 0 Å². The quantitative estimate of drug-likeness (QED) is 0.821. The molecule has 0 aromatic heterocycles. The van der Waals surface area contributed by atoms with E-state index in [9.17, 15) is 13.2 Å². The maximum absolute atomic E-state index is 11.8. The highest BCUT2D eigenvalue weighted by molar-refractivity contribution is 7.90. The molecule has 0 fully saturated rings. The number of benzene rings is 1. The standard InChI is InChI=1S/C13H18O6S/c1-18-10-7-9(5-4-6-12(14)15)13(19-2)11(8-10)20(3,16)17/h7-8H,4-6H2,1-3H3,(H,14,15). The second-order valence-corrected chi connectivity index (χ2v) is 6.32. The highest BCUT2D eigenvalue weighted by Gasteiger charge is 2.19. The van der Waals surface area contributed by atoms with Gasteiger partial charge in [-0.3, -0.25) is 4.79 Å². The number of carbonyl (C=O) groups is 1. The van der Waals surface area contributed by atoms with Gasteiger partial charge in [0.05, 0.1) is 14.2 Å². The topological polar surface area (TPSA) is 89.9 Å². The minimum atomic E-state index is -3.46. The smallest absolute Gasteiger partial charge is 0.303 e. The number of methoxy groups -OCH3 is 2. The van der Waals surface area contributed by atoms with Crippen LogP contribution in [-0.2, 0) is 21.1 Å². The zero-order valence-electron chi connectivity index (χ0n) is 11.7. The third kappa shape index (κ3) is 4.12. The average molecular weight is 302 g/mol. The molecule has 0 atom stereocenters. The molecular formula is C13H18O6S. The Hall–Kier alpha value is -1.76. The van der Waals surface area contributed by atoms with Crippen molar-refractivity contribution in [2.24, 2.45) is 0 Å². The number of carboxylic acids is 1. The van der Waals surface area contributed by atoms with Crippen molar-refractivity contribution >= 4 is 15.8 Å². The summed E-state index contributed by atoms with van der Waals surface area (Å²) in [6.45, 7) is 0. The van der Waals surface area contributed by atoms with Gasteiger partial charge < -0.3 is 14.6 Å². The molecule has 1 aromatic rings. The summed E-state index contributed by atoms with van der Waals surface area (Å²) in [5, 5.41) is 8.65. The molecular weight excluding hydrogens is 284 g/mol. The van der Waals surface area contributed by atoms with E-state index in [1.165, 1.54) is 20.3 Å². The lowest BCUT2D eigenvalue weighted by Gasteiger charge is -2.14. The normalized spacial score (nSPS) is 11.2. The molecule has 0 spiro atoms. The molecule has 20 heavy (non-hydrogen) atoms. The predicted molar refractivity (Wildman–Crippen MR) is 73.2 cm³/mol. The molecule has 0 saturated heterocycles. The highest BCUT2D eigenvalue weighted by Crippen LogP contribution is 2.33. The van der Waals surface area contributed by atoms with Crippen LogP contribution in [0, 0.1) is 0 Å². The number of rotatable bonds is 7. The number of aliphatic carboxylic acids is 1. The summed E-state index contributed by atoms with van der Waals surface area (Å²) in [6.07, 6.45) is 1.89. The summed E-state index contributed by atoms with van der Waals surface area (Å²) in [7, 11) is -0.638. The third-order valence-corrected chi connectivity index (χ3v) is 3.88. The molecule has 0 radical (unpaired) electrons. The number of carboxylic acid groups (broad SMARTS) is 1. The van der Waals surface area contributed by atoms with Gasteiger partial charge in [0, 0.05) is 18.7 Å². The molecule has 6 nitrogen and oxygen atoms in total. The van der Waals surface area contributed by atoms with Gasteiger partial charge in [-0.05, 0) is 24.5 Å². The van der Waals surface area contributed by atoms with Gasteiger partial charge in [-0.2, -0.15) is 0 Å². The molecule has 1 rings (SSSR count). The van der Waals surface area contributed by atoms with Crippen molar-refractivity contribution in [3.63, 3.8) is 0 Å². The van der Waals surface area contributed by atoms with Crippen molar-refractivity contribution in [1.82, 2.24) is 0 Å². The molecule has 0 unspecified atom stereocenters. The van der Waals surface area contributed by atoms with Crippen LogP contribution in [0.2, 0.25) is 0 Å². The van der Waals surface area contributed by atoms with E-state index in [0.29, 0.717) is 24.2 Å². The van der Waals surface area contributed by atoms with Crippen LogP contribution in [0.3, 0.4) is 0 Å². The first kappa shape index (κ1) is 16.3. The third-order valence-electron chi connectivity index (χ3n) is 2.78. The van der Waals surface area contributed by atoms with E-state index in [1.807, 2.05) is 0 Å². The Morgan fingerprint density at radius 3 is 2.35 bits per heavy atom. The van der Waals surface area contributed by atoms with Crippen LogP contribution in [-0.4, -0.2) is 40.0 Å². The number of aryl methyl sites for hydroxylation is 1. The predicted octanol–water partition coefficient (Wildman–Crippen LogP) is 1.51. The van der Waals surface area contributed by atoms with Crippen molar-refractivity contribution in [3.8, 4) is 11.5 Å². The molecule has 0 bridgehead atoms. The highest BCUT2D eigenvalue weighted by atomic mass is 32.2. The first-order chi connectivity index (χ1) is 9.29. The fraction of sp³-hybridized carbons (Fsp3) is 0.462. The van der Waals surface area contributed by atoms with Gasteiger partial charge in [0.2, 0.25) is 0 Å². The molecule has 1 aromatic carbocycles. The van der Waals surface area contributed by atoms with Crippen LogP contribution in [0.15, 0.2) is 17.0 Å². The Kier molecular flexibility index (Phi) is 5.38. The second-order valence-electron chi connectivity index (χ2n) is 4.34. The number of ether oxygens (including phenoxy) is 2. The van der Waals surface area contributed by atoms with Gasteiger partial charge >= 0.3 is 5.97 Å². The number of hydrogen-bond donors (Lipinski definition) is 1. The van der Waals surface area contributed by atoms with Gasteiger partial charge in [0.25, 0.3) is 0 Å². The van der Waals surface area contributed by atoms with E-state index in [4.69, 9.17) is 14.6 Å². The molecule has 112 valence electrons. The molecule has 0 aliphatic heterocycles. The van der Waals surface area contributed by atoms with Gasteiger partial charge in [0.1, 0.15) is 16.4 Å². The summed E-state index contributed by atoms with van der Waals surface area (Å²) in [5.41, 5.74) is 0.619. The van der Waals surface area contributed by atoms with Crippen molar-refractivity contribution in [2.75, 3.05) is 20.5 Å². The van der Waals surface area contributed by atoms with Gasteiger partial charge in [-0.15, -0.1) is 0 Å². The zero-order valence-corrected chi connectivity index (χ0v) is 12.5. The molecule has 0 amide bonds. The molecule has 0 aliphatic rings. The van der Waals surface area contributed by atoms with Crippen molar-refractivity contribution in [3.05, 3.63) is 17.7 Å². The fourth-order valence-electron chi connectivity index (χ4n) is 1.87. The minimum absolute atomic E-state index is 0.00850. The number of sulfone groups is 1. The SMILES string of the molecule is COc1cc(CCCC(=O)O)c(OC)c(S(C)(=O)=O)c1. The minimum Gasteiger partial charge on any atom is -0.497 e. The van der Waals surface area contributed by atoms with Crippen LogP contribution in [0.1, 0.15) is 18.4 Å². The lowest BCUT2D eigenvalue weighted by atomic mass is 10.1. The summed E-state index contributed by atoms with van der Waals surface area (Å²) in [6, 6.07) is 3.06. The molecule has 0 aliphatic carbocycles. The van der Waals surface area contributed by atoms with E-state index >= 15 is 0 Å². The maximum Gasteiger partial charge on any atom is 0.303 e. The summed E-state index contributed by atoms with van der Waals surface area (Å²) in [5.74, 6) is -0.245. The van der Waals surface area contributed by atoms with Crippen molar-refractivity contribution < 1.29 is 27.8 Å². The Morgan fingerprint density at radius 1 is 1.25 bits per heavy atom. The Labute approximate surface area is 118 Å². The zero-order chi connectivity index (χ0) is 15.3. The van der Waals surface area contributed by atoms with Crippen LogP contribution in [0.5, 0.6) is 11.5 Å². The second kappa shape index (κ2) is 6.60. The van der Waals surface area contributed by atoms with Crippen molar-refractivity contribution in [1.29, 1.82) is 0 Å². The van der Waals surface area contributed by atoms with E-state index in [2.05, 4.69) is 0 Å². The number of hydrogen-bond acceptors (Lipinski definition) is 5. The van der Waals surface area contributed by atoms with Crippen LogP contribution < -0.4 is 9.47 Å². The Balaban J connectivity index is 3.23. The largest absolute Gasteiger partial charge is 0.497 e. The Bertz CT molecular complexity index is 591. The summed E-state index contributed by atoms with van der Waals surface area (Å²) in [4.78, 5) is 10.6. The van der Waals surface area contributed by atoms with E-state index in [-0.39, 0.29) is 17.1 Å². The van der Waals surface area contributed by atoms with E-state index in [1.54, 1.807) is 6.07 Å². The van der Waals surface area contributed by atoms with Crippen LogP contribution >= 0.6 is 0 Å². The van der Waals surface area contributed by atoms with Crippen LogP contribution in [0.4, 0.5) is 0 Å². The molecule has 0 saturated carbocycles. The first-order valence-electron chi connectivity index (χ1n) is 5.96. The first-order valence-corrected chi connectivity index (χ1v) is 7.85. The molecule has 0 heterocycles. The fourth-order valence-corrected chi connectivity index (χ4v) is 2.75. The molecule has 1 N–H and O–H groups in total. The summed E-state index contributed by atoms with van der Waals surface area (Å²) < 4.78 is 33.8. The molecule has 7 heteroatoms.